The lowest BCUT2D eigenvalue weighted by molar-refractivity contribution is -0.304. The van der Waals surface area contributed by atoms with Crippen LogP contribution < -0.4 is 10.5 Å². The fraction of sp³-hybridized carbons (Fsp3) is 0.333. The van der Waals surface area contributed by atoms with Crippen molar-refractivity contribution >= 4 is 5.91 Å². The van der Waals surface area contributed by atoms with E-state index in [0.717, 1.165) is 7.05 Å². The molecule has 2 aromatic rings. The Bertz CT molecular complexity index is 924. The van der Waals surface area contributed by atoms with Gasteiger partial charge in [-0.25, -0.2) is 17.6 Å². The van der Waals surface area contributed by atoms with E-state index in [-0.39, 0.29) is 6.07 Å². The Hall–Kier alpha value is -2.93. The second kappa shape index (κ2) is 7.48. The smallest absolute Gasteiger partial charge is 0.429 e. The maximum absolute atomic E-state index is 13.6. The molecule has 0 saturated heterocycles. The minimum absolute atomic E-state index is 0.159. The van der Waals surface area contributed by atoms with Gasteiger partial charge in [0.15, 0.2) is 0 Å². The van der Waals surface area contributed by atoms with E-state index in [4.69, 9.17) is 5.73 Å². The summed E-state index contributed by atoms with van der Waals surface area (Å²) in [5.41, 5.74) is 1.47. The van der Waals surface area contributed by atoms with Crippen molar-refractivity contribution in [2.24, 2.45) is 12.8 Å². The number of amides is 1. The monoisotopic (exact) mass is 435 g/mol. The van der Waals surface area contributed by atoms with Gasteiger partial charge in [0.25, 0.3) is 18.5 Å². The van der Waals surface area contributed by atoms with E-state index in [1.54, 1.807) is 0 Å². The fourth-order valence-electron chi connectivity index (χ4n) is 2.41. The Kier molecular flexibility index (Phi) is 5.77. The summed E-state index contributed by atoms with van der Waals surface area (Å²) in [6, 6.07) is 1.41. The number of hydrogen-bond donors (Lipinski definition) is 1. The number of rotatable bonds is 6. The summed E-state index contributed by atoms with van der Waals surface area (Å²) in [6.07, 6.45) is -19.7. The summed E-state index contributed by atoms with van der Waals surface area (Å²) in [5, 5.41) is 3.32. The van der Waals surface area contributed by atoms with Crippen LogP contribution in [0.25, 0.3) is 11.3 Å². The van der Waals surface area contributed by atoms with Crippen molar-refractivity contribution in [1.29, 1.82) is 0 Å². The van der Waals surface area contributed by atoms with Crippen LogP contribution >= 0.6 is 0 Å². The Morgan fingerprint density at radius 3 is 2.24 bits per heavy atom. The predicted octanol–water partition coefficient (Wildman–Crippen LogP) is 4.13. The summed E-state index contributed by atoms with van der Waals surface area (Å²) < 4.78 is 121. The van der Waals surface area contributed by atoms with E-state index in [1.807, 2.05) is 0 Å². The average molecular weight is 435 g/mol. The highest BCUT2D eigenvalue weighted by molar-refractivity contribution is 6.01. The molecule has 1 amide bonds. The lowest BCUT2D eigenvalue weighted by Gasteiger charge is -2.24. The summed E-state index contributed by atoms with van der Waals surface area (Å²) in [6.45, 7) is 0. The molecule has 29 heavy (non-hydrogen) atoms. The minimum atomic E-state index is -6.02. The molecule has 0 spiro atoms. The van der Waals surface area contributed by atoms with Crippen LogP contribution in [0.3, 0.4) is 0 Å². The molecular weight excluding hydrogens is 425 g/mol. The largest absolute Gasteiger partial charge is 0.439 e. The zero-order chi connectivity index (χ0) is 22.3. The molecule has 0 fully saturated rings. The molecule has 0 aliphatic heterocycles. The van der Waals surface area contributed by atoms with Crippen molar-refractivity contribution < 1.29 is 49.0 Å². The highest BCUT2D eigenvalue weighted by atomic mass is 19.4. The second-order valence-corrected chi connectivity index (χ2v) is 5.61. The number of carbonyl (C=O) groups is 1. The van der Waals surface area contributed by atoms with E-state index in [1.165, 1.54) is 0 Å². The van der Waals surface area contributed by atoms with Gasteiger partial charge in [-0.15, -0.1) is 0 Å². The Morgan fingerprint density at radius 1 is 1.17 bits per heavy atom. The molecule has 1 aromatic carbocycles. The van der Waals surface area contributed by atoms with Gasteiger partial charge < -0.3 is 10.5 Å². The second-order valence-electron chi connectivity index (χ2n) is 5.61. The van der Waals surface area contributed by atoms with Crippen molar-refractivity contribution in [1.82, 2.24) is 9.78 Å². The van der Waals surface area contributed by atoms with Gasteiger partial charge >= 0.3 is 12.3 Å². The maximum Gasteiger partial charge on any atom is 0.439 e. The van der Waals surface area contributed by atoms with Crippen LogP contribution in [0.15, 0.2) is 18.2 Å². The van der Waals surface area contributed by atoms with Crippen molar-refractivity contribution in [3.05, 3.63) is 35.3 Å². The molecular formula is C15H10F9N3O2. The van der Waals surface area contributed by atoms with Crippen LogP contribution in [0, 0.1) is 5.82 Å². The Balaban J connectivity index is 2.68. The van der Waals surface area contributed by atoms with Gasteiger partial charge in [-0.1, -0.05) is 0 Å². The first kappa shape index (κ1) is 22.4. The maximum atomic E-state index is 13.6. The number of aromatic nitrogens is 2. The first-order chi connectivity index (χ1) is 13.2. The lowest BCUT2D eigenvalue weighted by atomic mass is 10.0. The van der Waals surface area contributed by atoms with Gasteiger partial charge in [0.1, 0.15) is 17.3 Å². The van der Waals surface area contributed by atoms with E-state index in [9.17, 15) is 44.3 Å². The summed E-state index contributed by atoms with van der Waals surface area (Å²) in [7, 11) is 0.979. The number of aryl methyl sites for hydroxylation is 1. The van der Waals surface area contributed by atoms with Crippen LogP contribution in [0.1, 0.15) is 22.5 Å². The van der Waals surface area contributed by atoms with Crippen molar-refractivity contribution in [3.63, 3.8) is 0 Å². The summed E-state index contributed by atoms with van der Waals surface area (Å²) >= 11 is 0. The van der Waals surface area contributed by atoms with Crippen LogP contribution in [0.5, 0.6) is 5.75 Å². The topological polar surface area (TPSA) is 70.1 Å². The Labute approximate surface area is 155 Å². The van der Waals surface area contributed by atoms with E-state index in [2.05, 4.69) is 9.84 Å². The predicted molar refractivity (Wildman–Crippen MR) is 78.6 cm³/mol. The fourth-order valence-corrected chi connectivity index (χ4v) is 2.41. The highest BCUT2D eigenvalue weighted by Gasteiger charge is 2.59. The minimum Gasteiger partial charge on any atom is -0.429 e. The number of benzene rings is 1. The quantitative estimate of drug-likeness (QED) is 0.694. The average Bonchev–Trinajstić information content (AvgIpc) is 2.91. The van der Waals surface area contributed by atoms with Gasteiger partial charge in [-0.3, -0.25) is 9.48 Å². The third kappa shape index (κ3) is 4.40. The third-order valence-corrected chi connectivity index (χ3v) is 3.55. The molecule has 0 aliphatic rings. The van der Waals surface area contributed by atoms with Crippen molar-refractivity contribution in [2.45, 2.75) is 24.9 Å². The van der Waals surface area contributed by atoms with Crippen LogP contribution in [0.2, 0.25) is 0 Å². The molecule has 0 aliphatic carbocycles. The number of hydrogen-bond acceptors (Lipinski definition) is 3. The molecule has 14 heteroatoms. The SMILES string of the molecule is Cn1nc(C(F)F)c(C(N)=O)c1-c1ccc(F)cc1OC(F)(F)C(F)C(F)(F)F. The first-order valence-electron chi connectivity index (χ1n) is 7.39. The van der Waals surface area contributed by atoms with Crippen LogP contribution in [0.4, 0.5) is 39.5 Å². The van der Waals surface area contributed by atoms with Gasteiger partial charge in [-0.05, 0) is 12.1 Å². The molecule has 0 bridgehead atoms. The van der Waals surface area contributed by atoms with Crippen molar-refractivity contribution in [2.75, 3.05) is 0 Å². The van der Waals surface area contributed by atoms with Gasteiger partial charge in [0.2, 0.25) is 0 Å². The number of nitrogens with zero attached hydrogens (tertiary/aromatic N) is 2. The highest BCUT2D eigenvalue weighted by Crippen LogP contribution is 2.41. The van der Waals surface area contributed by atoms with Crippen LogP contribution in [-0.4, -0.2) is 34.1 Å². The first-order valence-corrected chi connectivity index (χ1v) is 7.39. The summed E-state index contributed by atoms with van der Waals surface area (Å²) in [5.74, 6) is -4.14. The molecule has 1 heterocycles. The van der Waals surface area contributed by atoms with Gasteiger partial charge in [0, 0.05) is 18.7 Å². The number of nitrogens with two attached hydrogens (primary N) is 1. The number of alkyl halides is 8. The van der Waals surface area contributed by atoms with Crippen LogP contribution in [-0.2, 0) is 7.05 Å². The zero-order valence-corrected chi connectivity index (χ0v) is 14.1. The molecule has 5 nitrogen and oxygen atoms in total. The third-order valence-electron chi connectivity index (χ3n) is 3.55. The lowest BCUT2D eigenvalue weighted by Crippen LogP contribution is -2.45. The Morgan fingerprint density at radius 2 is 1.76 bits per heavy atom. The number of halogens is 9. The normalized spacial score (nSPS) is 13.6. The van der Waals surface area contributed by atoms with Crippen molar-refractivity contribution in [3.8, 4) is 17.0 Å². The standard InChI is InChI=1S/C15H10F9N3O2/c1-27-10(8(12(25)28)9(26-27)11(17)18)6-3-2-5(16)4-7(6)29-15(23,24)13(19)14(20,21)22/h2-4,11,13H,1H3,(H2,25,28). The van der Waals surface area contributed by atoms with E-state index >= 15 is 0 Å². The van der Waals surface area contributed by atoms with E-state index < -0.39 is 64.9 Å². The number of primary amides is 1. The molecule has 0 radical (unpaired) electrons. The summed E-state index contributed by atoms with van der Waals surface area (Å²) in [4.78, 5) is 11.6. The van der Waals surface area contributed by atoms with Gasteiger partial charge in [0.05, 0.1) is 11.3 Å². The van der Waals surface area contributed by atoms with E-state index in [0.29, 0.717) is 16.8 Å². The molecule has 0 saturated carbocycles. The zero-order valence-electron chi connectivity index (χ0n) is 14.1. The number of ether oxygens (including phenoxy) is 1. The molecule has 160 valence electrons. The molecule has 1 unspecified atom stereocenters. The molecule has 1 aromatic heterocycles. The van der Waals surface area contributed by atoms with Gasteiger partial charge in [-0.2, -0.15) is 27.1 Å². The molecule has 2 rings (SSSR count). The molecule has 2 N–H and O–H groups in total. The number of carbonyl (C=O) groups excluding carboxylic acids is 1. The molecule has 1 atom stereocenters.